The first kappa shape index (κ1) is 36.1. The Kier molecular flexibility index (Phi) is 11.2. The van der Waals surface area contributed by atoms with Crippen molar-refractivity contribution in [3.63, 3.8) is 0 Å². The number of benzene rings is 1. The van der Waals surface area contributed by atoms with Crippen LogP contribution in [0.15, 0.2) is 57.8 Å². The fraction of sp³-hybridized carbons (Fsp3) is 0.269. The molecule has 5 rings (SSSR count). The van der Waals surface area contributed by atoms with Crippen LogP contribution in [0.4, 0.5) is 18.3 Å². The molecule has 0 saturated carbocycles. The van der Waals surface area contributed by atoms with Crippen LogP contribution in [0.1, 0.15) is 11.3 Å². The van der Waals surface area contributed by atoms with Crippen molar-refractivity contribution in [2.24, 2.45) is 5.16 Å². The number of carbonyl (C=O) groups is 4. The van der Waals surface area contributed by atoms with Crippen LogP contribution in [0.2, 0.25) is 10.0 Å². The molecule has 3 N–H and O–H groups in total. The average Bonchev–Trinajstić information content (AvgIpc) is 3.70. The van der Waals surface area contributed by atoms with Crippen molar-refractivity contribution in [3.8, 4) is 0 Å². The second-order valence-electron chi connectivity index (χ2n) is 9.79. The van der Waals surface area contributed by atoms with Gasteiger partial charge in [-0.25, -0.2) is 14.5 Å². The highest BCUT2D eigenvalue weighted by Crippen LogP contribution is 2.41. The first-order valence-corrected chi connectivity index (χ1v) is 17.1. The number of fused-ring (bicyclic) bond motifs is 1. The minimum Gasteiger partial charge on any atom is -0.477 e. The van der Waals surface area contributed by atoms with Crippen molar-refractivity contribution in [2.45, 2.75) is 35.9 Å². The number of nitrogens with zero attached hydrogens (tertiary/aromatic N) is 7. The fourth-order valence-corrected chi connectivity index (χ4v) is 7.69. The standard InChI is InChI=1S/C26H20Cl2F3N9O6S3/c1-2-5-39-25(35-37-38-39)49-9-12-8-47-21-17(20(42)40(21)18(12)22(43)44)33-19(41)16(36-46-7-11-3-4-13(27)14(28)6-11)15-10-48-24(32-15)34-23(45)26(29,30)31/h2-4,6,10,17,21H,1,5,7-9H2,(H,33,41)(H,43,44)(H,32,34,45)/b36-16+. The van der Waals surface area contributed by atoms with Gasteiger partial charge in [-0.3, -0.25) is 24.6 Å². The number of alkyl halides is 3. The van der Waals surface area contributed by atoms with Gasteiger partial charge in [0.1, 0.15) is 29.4 Å². The predicted molar refractivity (Wildman–Crippen MR) is 173 cm³/mol. The van der Waals surface area contributed by atoms with E-state index in [0.717, 1.165) is 10.3 Å². The summed E-state index contributed by atoms with van der Waals surface area (Å²) in [5.74, 6) is -5.02. The van der Waals surface area contributed by atoms with Gasteiger partial charge in [0.25, 0.3) is 11.8 Å². The number of oxime groups is 1. The molecular formula is C26H20Cl2F3N9O6S3. The number of carboxylic acids is 1. The Morgan fingerprint density at radius 1 is 1.27 bits per heavy atom. The molecule has 2 atom stereocenters. The summed E-state index contributed by atoms with van der Waals surface area (Å²) < 4.78 is 39.8. The number of thioether (sulfide) groups is 2. The summed E-state index contributed by atoms with van der Waals surface area (Å²) >= 11 is 14.9. The third-order valence-corrected chi connectivity index (χ3v) is 10.4. The fourth-order valence-electron chi connectivity index (χ4n) is 4.31. The Labute approximate surface area is 295 Å². The molecule has 2 unspecified atom stereocenters. The van der Waals surface area contributed by atoms with E-state index in [1.807, 2.05) is 0 Å². The minimum absolute atomic E-state index is 0.156. The second kappa shape index (κ2) is 15.2. The molecule has 2 aromatic heterocycles. The second-order valence-corrected chi connectivity index (χ2v) is 13.5. The van der Waals surface area contributed by atoms with Crippen molar-refractivity contribution >= 4 is 92.6 Å². The van der Waals surface area contributed by atoms with E-state index in [0.29, 0.717) is 34.2 Å². The number of hydrogen-bond donors (Lipinski definition) is 3. The molecular weight excluding hydrogens is 758 g/mol. The van der Waals surface area contributed by atoms with E-state index in [9.17, 15) is 37.5 Å². The SMILES string of the molecule is C=CCn1nnnc1SCC1=C(C(=O)O)N2C(=O)C(NC(=O)/C(=N/OCc3ccc(Cl)c(Cl)c3)c3csc(NC(=O)C(F)(F)F)n3)C2SC1. The monoisotopic (exact) mass is 777 g/mol. The molecule has 2 aliphatic heterocycles. The minimum atomic E-state index is -5.19. The lowest BCUT2D eigenvalue weighted by molar-refractivity contribution is -0.167. The highest BCUT2D eigenvalue weighted by Gasteiger charge is 2.54. The zero-order valence-electron chi connectivity index (χ0n) is 24.3. The smallest absolute Gasteiger partial charge is 0.471 e. The molecule has 0 bridgehead atoms. The summed E-state index contributed by atoms with van der Waals surface area (Å²) in [5, 5.41) is 30.0. The van der Waals surface area contributed by atoms with E-state index in [-0.39, 0.29) is 39.5 Å². The van der Waals surface area contributed by atoms with Crippen molar-refractivity contribution in [2.75, 3.05) is 16.8 Å². The summed E-state index contributed by atoms with van der Waals surface area (Å²) in [6.07, 6.45) is -3.60. The largest absolute Gasteiger partial charge is 0.477 e. The van der Waals surface area contributed by atoms with Crippen LogP contribution in [0.5, 0.6) is 0 Å². The maximum Gasteiger partial charge on any atom is 0.471 e. The zero-order valence-corrected chi connectivity index (χ0v) is 28.3. The Bertz CT molecular complexity index is 1890. The Morgan fingerprint density at radius 2 is 2.04 bits per heavy atom. The third kappa shape index (κ3) is 8.18. The van der Waals surface area contributed by atoms with Crippen LogP contribution in [0, 0.1) is 0 Å². The molecule has 23 heteroatoms. The number of β-lactam (4-membered cyclic amide) rings is 1. The van der Waals surface area contributed by atoms with Gasteiger partial charge in [-0.15, -0.1) is 34.8 Å². The summed E-state index contributed by atoms with van der Waals surface area (Å²) in [4.78, 5) is 60.7. The molecule has 1 aromatic carbocycles. The van der Waals surface area contributed by atoms with Gasteiger partial charge in [-0.2, -0.15) is 13.2 Å². The van der Waals surface area contributed by atoms with Crippen LogP contribution in [0.3, 0.4) is 0 Å². The highest BCUT2D eigenvalue weighted by molar-refractivity contribution is 8.01. The van der Waals surface area contributed by atoms with Gasteiger partial charge in [-0.05, 0) is 33.7 Å². The molecule has 0 spiro atoms. The predicted octanol–water partition coefficient (Wildman–Crippen LogP) is 3.58. The number of aliphatic carboxylic acids is 1. The number of aromatic nitrogens is 5. The van der Waals surface area contributed by atoms with E-state index < -0.39 is 52.1 Å². The van der Waals surface area contributed by atoms with Gasteiger partial charge in [0.15, 0.2) is 10.8 Å². The number of amides is 3. The average molecular weight is 779 g/mol. The molecule has 0 radical (unpaired) electrons. The number of nitrogens with one attached hydrogen (secondary N) is 2. The molecule has 3 amide bonds. The normalized spacial score (nSPS) is 17.7. The number of halogens is 5. The molecule has 3 aromatic rings. The summed E-state index contributed by atoms with van der Waals surface area (Å²) in [7, 11) is 0. The number of carboxylic acid groups (broad SMARTS) is 1. The number of allylic oxidation sites excluding steroid dienone is 1. The van der Waals surface area contributed by atoms with E-state index in [4.69, 9.17) is 28.0 Å². The van der Waals surface area contributed by atoms with E-state index in [1.165, 1.54) is 40.3 Å². The van der Waals surface area contributed by atoms with Crippen molar-refractivity contribution < 1.29 is 42.3 Å². The molecule has 15 nitrogen and oxygen atoms in total. The van der Waals surface area contributed by atoms with Gasteiger partial charge in [-0.1, -0.05) is 52.3 Å². The van der Waals surface area contributed by atoms with E-state index >= 15 is 0 Å². The summed E-state index contributed by atoms with van der Waals surface area (Å²) in [5.41, 5.74) is -0.133. The van der Waals surface area contributed by atoms with Crippen molar-refractivity contribution in [3.05, 3.63) is 68.8 Å². The van der Waals surface area contributed by atoms with Crippen LogP contribution >= 0.6 is 58.1 Å². The zero-order chi connectivity index (χ0) is 35.5. The molecule has 1 fully saturated rings. The summed E-state index contributed by atoms with van der Waals surface area (Å²) in [6, 6.07) is 3.35. The van der Waals surface area contributed by atoms with Gasteiger partial charge >= 0.3 is 18.1 Å². The van der Waals surface area contributed by atoms with Gasteiger partial charge < -0.3 is 15.3 Å². The first-order valence-electron chi connectivity index (χ1n) is 13.5. The number of tetrazole rings is 1. The van der Waals surface area contributed by atoms with Gasteiger partial charge in [0.2, 0.25) is 5.16 Å². The highest BCUT2D eigenvalue weighted by atomic mass is 35.5. The molecule has 2 aliphatic rings. The van der Waals surface area contributed by atoms with Gasteiger partial charge in [0.05, 0.1) is 16.6 Å². The maximum atomic E-state index is 13.5. The number of anilines is 1. The Hall–Kier alpha value is -4.18. The van der Waals surface area contributed by atoms with E-state index in [1.54, 1.807) is 17.5 Å². The van der Waals surface area contributed by atoms with Crippen LogP contribution < -0.4 is 10.6 Å². The molecule has 0 aliphatic carbocycles. The number of rotatable bonds is 13. The van der Waals surface area contributed by atoms with E-state index in [2.05, 4.69) is 37.6 Å². The third-order valence-electron chi connectivity index (χ3n) is 6.52. The van der Waals surface area contributed by atoms with Crippen LogP contribution in [-0.2, 0) is 37.2 Å². The quantitative estimate of drug-likeness (QED) is 0.0752. The van der Waals surface area contributed by atoms with Crippen LogP contribution in [-0.4, -0.2) is 93.7 Å². The number of carbonyl (C=O) groups excluding carboxylic acids is 3. The first-order chi connectivity index (χ1) is 23.3. The van der Waals surface area contributed by atoms with Gasteiger partial charge in [0, 0.05) is 16.9 Å². The van der Waals surface area contributed by atoms with Crippen LogP contribution in [0.25, 0.3) is 0 Å². The maximum absolute atomic E-state index is 13.5. The molecule has 49 heavy (non-hydrogen) atoms. The number of hydrogen-bond acceptors (Lipinski definition) is 13. The number of thiazole rings is 1. The lowest BCUT2D eigenvalue weighted by Crippen LogP contribution is -2.71. The Balaban J connectivity index is 1.33. The van der Waals surface area contributed by atoms with Crippen molar-refractivity contribution in [1.82, 2.24) is 35.4 Å². The van der Waals surface area contributed by atoms with Crippen molar-refractivity contribution in [1.29, 1.82) is 0 Å². The summed E-state index contributed by atoms with van der Waals surface area (Å²) in [6.45, 7) is 3.74. The Morgan fingerprint density at radius 3 is 2.73 bits per heavy atom. The molecule has 4 heterocycles. The molecule has 258 valence electrons. The topological polar surface area (TPSA) is 194 Å². The lowest BCUT2D eigenvalue weighted by Gasteiger charge is -2.49. The lowest BCUT2D eigenvalue weighted by atomic mass is 10.0. The molecule has 1 saturated heterocycles.